The van der Waals surface area contributed by atoms with Crippen LogP contribution in [0.2, 0.25) is 0 Å². The Morgan fingerprint density at radius 1 is 0.875 bits per heavy atom. The second kappa shape index (κ2) is 10.4. The number of aromatic nitrogens is 2. The number of fused-ring (bicyclic) bond motifs is 1. The molecule has 40 heavy (non-hydrogen) atoms. The first-order chi connectivity index (χ1) is 19.3. The number of aryl methyl sites for hydroxylation is 1. The average Bonchev–Trinajstić information content (AvgIpc) is 3.31. The fraction of sp³-hybridized carbons (Fsp3) is 0.241. The van der Waals surface area contributed by atoms with E-state index in [4.69, 9.17) is 19.6 Å². The first kappa shape index (κ1) is 26.5. The quantitative estimate of drug-likeness (QED) is 0.264. The summed E-state index contributed by atoms with van der Waals surface area (Å²) in [5.74, 6) is 1.20. The SMILES string of the molecule is Cc1nn(-c2ccccc2)c2c1[P@](=Nc1ccccc1C(F)(F)F)(N1CCOCC1)N(C)C(c1ccccc1)=N2. The van der Waals surface area contributed by atoms with Crippen molar-refractivity contribution in [1.82, 2.24) is 19.1 Å². The minimum Gasteiger partial charge on any atom is -0.379 e. The number of aliphatic imine (C=N–C) groups is 1. The molecule has 1 atom stereocenters. The average molecular weight is 565 g/mol. The maximum absolute atomic E-state index is 14.3. The zero-order valence-corrected chi connectivity index (χ0v) is 23.0. The Morgan fingerprint density at radius 3 is 2.17 bits per heavy atom. The fourth-order valence-electron chi connectivity index (χ4n) is 5.30. The van der Waals surface area contributed by atoms with Crippen LogP contribution in [0.5, 0.6) is 0 Å². The number of amidine groups is 1. The first-order valence-electron chi connectivity index (χ1n) is 13.0. The Labute approximate surface area is 230 Å². The van der Waals surface area contributed by atoms with Crippen molar-refractivity contribution in [3.63, 3.8) is 0 Å². The zero-order valence-electron chi connectivity index (χ0n) is 22.1. The maximum atomic E-state index is 14.3. The first-order valence-corrected chi connectivity index (χ1v) is 14.6. The van der Waals surface area contributed by atoms with Crippen molar-refractivity contribution in [2.45, 2.75) is 13.1 Å². The van der Waals surface area contributed by atoms with Crippen molar-refractivity contribution >= 4 is 30.0 Å². The van der Waals surface area contributed by atoms with Crippen LogP contribution in [0.15, 0.2) is 94.7 Å². The molecule has 1 saturated heterocycles. The van der Waals surface area contributed by atoms with Gasteiger partial charge in [-0.25, -0.2) is 19.1 Å². The molecule has 1 aromatic heterocycles. The summed E-state index contributed by atoms with van der Waals surface area (Å²) in [5, 5.41) is 5.65. The lowest BCUT2D eigenvalue weighted by atomic mass is 10.2. The van der Waals surface area contributed by atoms with Crippen molar-refractivity contribution in [3.05, 3.63) is 102 Å². The van der Waals surface area contributed by atoms with Crippen LogP contribution in [0.4, 0.5) is 24.7 Å². The highest BCUT2D eigenvalue weighted by atomic mass is 31.2. The van der Waals surface area contributed by atoms with Crippen LogP contribution < -0.4 is 5.30 Å². The lowest BCUT2D eigenvalue weighted by molar-refractivity contribution is -0.137. The minimum absolute atomic E-state index is 0.103. The maximum Gasteiger partial charge on any atom is 0.418 e. The highest BCUT2D eigenvalue weighted by Crippen LogP contribution is 2.62. The minimum atomic E-state index is -4.56. The van der Waals surface area contributed by atoms with Crippen molar-refractivity contribution < 1.29 is 17.9 Å². The number of nitrogens with zero attached hydrogens (tertiary/aromatic N) is 6. The number of hydrogen-bond donors (Lipinski definition) is 0. The number of para-hydroxylation sites is 1. The fourth-order valence-corrected chi connectivity index (χ4v) is 9.13. The number of alkyl halides is 3. The monoisotopic (exact) mass is 564 g/mol. The molecule has 0 aliphatic carbocycles. The Kier molecular flexibility index (Phi) is 6.86. The summed E-state index contributed by atoms with van der Waals surface area (Å²) in [6.45, 7) is 3.80. The van der Waals surface area contributed by atoms with E-state index < -0.39 is 19.1 Å². The molecular weight excluding hydrogens is 536 g/mol. The van der Waals surface area contributed by atoms with Gasteiger partial charge in [-0.15, -0.1) is 0 Å². The van der Waals surface area contributed by atoms with E-state index in [1.807, 2.05) is 79.3 Å². The molecule has 0 saturated carbocycles. The number of morpholine rings is 1. The van der Waals surface area contributed by atoms with Crippen LogP contribution >= 0.6 is 7.36 Å². The molecule has 3 heterocycles. The molecule has 0 radical (unpaired) electrons. The van der Waals surface area contributed by atoms with Crippen molar-refractivity contribution in [2.75, 3.05) is 33.4 Å². The van der Waals surface area contributed by atoms with Gasteiger partial charge in [0.05, 0.1) is 41.2 Å². The van der Waals surface area contributed by atoms with Crippen LogP contribution in [-0.2, 0) is 10.9 Å². The number of hydrogen-bond acceptors (Lipinski definition) is 4. The van der Waals surface area contributed by atoms with E-state index in [2.05, 4.69) is 4.67 Å². The van der Waals surface area contributed by atoms with Crippen molar-refractivity contribution in [2.24, 2.45) is 9.74 Å². The highest BCUT2D eigenvalue weighted by molar-refractivity contribution is 7.70. The molecule has 7 nitrogen and oxygen atoms in total. The van der Waals surface area contributed by atoms with Crippen LogP contribution in [-0.4, -0.2) is 58.3 Å². The summed E-state index contributed by atoms with van der Waals surface area (Å²) >= 11 is 0. The number of ether oxygens (including phenoxy) is 1. The normalized spacial score (nSPS) is 19.7. The molecule has 1 fully saturated rings. The molecule has 2 aliphatic rings. The molecule has 0 N–H and O–H groups in total. The topological polar surface area (TPSA) is 58.3 Å². The molecule has 11 heteroatoms. The van der Waals surface area contributed by atoms with Gasteiger partial charge in [0.2, 0.25) is 0 Å². The standard InChI is InChI=1S/C29H28F3N6OP/c1-21-26-28(38(34-21)23-13-7-4-8-14-23)33-27(22-11-5-3-6-12-22)36(2)40(26,37-17-19-39-20-18-37)35-25-16-10-9-15-24(25)29(30,31)32/h3-16H,17-20H2,1-2H3/t40-/m1/s1. The van der Waals surface area contributed by atoms with E-state index in [0.717, 1.165) is 22.6 Å². The largest absolute Gasteiger partial charge is 0.418 e. The predicted octanol–water partition coefficient (Wildman–Crippen LogP) is 6.54. The van der Waals surface area contributed by atoms with E-state index in [1.165, 1.54) is 12.1 Å². The number of benzene rings is 3. The lowest BCUT2D eigenvalue weighted by Crippen LogP contribution is -2.45. The summed E-state index contributed by atoms with van der Waals surface area (Å²) in [5.41, 5.74) is 1.45. The molecule has 206 valence electrons. The third kappa shape index (κ3) is 4.46. The van der Waals surface area contributed by atoms with Gasteiger partial charge in [-0.1, -0.05) is 60.7 Å². The second-order valence-corrected chi connectivity index (χ2v) is 12.5. The summed E-state index contributed by atoms with van der Waals surface area (Å²) in [4.78, 5) is 5.13. The van der Waals surface area contributed by atoms with Gasteiger partial charge in [0.25, 0.3) is 0 Å². The molecule has 0 unspecified atom stereocenters. The van der Waals surface area contributed by atoms with Gasteiger partial charge in [-0.3, -0.25) is 0 Å². The van der Waals surface area contributed by atoms with Gasteiger partial charge in [0, 0.05) is 25.7 Å². The van der Waals surface area contributed by atoms with Gasteiger partial charge in [-0.05, 0) is 31.2 Å². The molecular formula is C29H28F3N6OP. The van der Waals surface area contributed by atoms with Crippen LogP contribution in [0.25, 0.3) is 5.69 Å². The molecule has 2 aliphatic heterocycles. The number of halogens is 3. The van der Waals surface area contributed by atoms with E-state index in [-0.39, 0.29) is 5.69 Å². The van der Waals surface area contributed by atoms with Crippen LogP contribution in [0.1, 0.15) is 16.8 Å². The van der Waals surface area contributed by atoms with E-state index in [1.54, 1.807) is 10.7 Å². The lowest BCUT2D eigenvalue weighted by Gasteiger charge is -2.46. The summed E-state index contributed by atoms with van der Waals surface area (Å²) < 4.78 is 59.6. The molecule has 0 bridgehead atoms. The van der Waals surface area contributed by atoms with Gasteiger partial charge < -0.3 is 9.41 Å². The van der Waals surface area contributed by atoms with E-state index in [0.29, 0.717) is 43.7 Å². The van der Waals surface area contributed by atoms with E-state index in [9.17, 15) is 13.2 Å². The highest BCUT2D eigenvalue weighted by Gasteiger charge is 2.46. The summed E-state index contributed by atoms with van der Waals surface area (Å²) in [6, 6.07) is 24.8. The summed E-state index contributed by atoms with van der Waals surface area (Å²) in [7, 11) is -1.24. The van der Waals surface area contributed by atoms with Crippen molar-refractivity contribution in [1.29, 1.82) is 0 Å². The third-order valence-corrected chi connectivity index (χ3v) is 10.9. The molecule has 0 spiro atoms. The molecule has 3 aromatic carbocycles. The van der Waals surface area contributed by atoms with Gasteiger partial charge in [-0.2, -0.15) is 18.3 Å². The third-order valence-electron chi connectivity index (χ3n) is 7.11. The molecule has 6 rings (SSSR count). The Morgan fingerprint density at radius 2 is 1.50 bits per heavy atom. The zero-order chi connectivity index (χ0) is 27.9. The Balaban J connectivity index is 1.74. The molecule has 4 aromatic rings. The van der Waals surface area contributed by atoms with Crippen LogP contribution in [0, 0.1) is 6.92 Å². The Bertz CT molecular complexity index is 1610. The smallest absolute Gasteiger partial charge is 0.379 e. The number of rotatable bonds is 4. The summed E-state index contributed by atoms with van der Waals surface area (Å²) in [6.07, 6.45) is -4.56. The van der Waals surface area contributed by atoms with Crippen LogP contribution in [0.3, 0.4) is 0 Å². The van der Waals surface area contributed by atoms with E-state index >= 15 is 0 Å². The predicted molar refractivity (Wildman–Crippen MR) is 151 cm³/mol. The molecule has 0 amide bonds. The van der Waals surface area contributed by atoms with Gasteiger partial charge in [0.15, 0.2) is 13.2 Å². The second-order valence-electron chi connectivity index (χ2n) is 9.58. The van der Waals surface area contributed by atoms with Gasteiger partial charge >= 0.3 is 6.18 Å². The van der Waals surface area contributed by atoms with Gasteiger partial charge in [0.1, 0.15) is 5.84 Å². The Hall–Kier alpha value is -3.72. The van der Waals surface area contributed by atoms with Crippen molar-refractivity contribution in [3.8, 4) is 5.69 Å².